The van der Waals surface area contributed by atoms with Gasteiger partial charge in [0.2, 0.25) is 0 Å². The Morgan fingerprint density at radius 2 is 2.35 bits per heavy atom. The average Bonchev–Trinajstić information content (AvgIpc) is 2.31. The number of aliphatic carboxylic acids is 1. The van der Waals surface area contributed by atoms with Gasteiger partial charge in [-0.05, 0) is 25.1 Å². The summed E-state index contributed by atoms with van der Waals surface area (Å²) in [6.07, 6.45) is 2.69. The first kappa shape index (κ1) is 13.4. The largest absolute Gasteiger partial charge is 0.479 e. The molecular formula is C12H18N2O3. The van der Waals surface area contributed by atoms with Gasteiger partial charge in [-0.2, -0.15) is 0 Å². The third-order valence-corrected chi connectivity index (χ3v) is 2.30. The Hall–Kier alpha value is -1.62. The van der Waals surface area contributed by atoms with Crippen LogP contribution in [0.5, 0.6) is 5.75 Å². The van der Waals surface area contributed by atoms with Crippen molar-refractivity contribution in [3.05, 3.63) is 24.0 Å². The number of hydrogen-bond acceptors (Lipinski definition) is 4. The van der Waals surface area contributed by atoms with Crippen molar-refractivity contribution in [3.8, 4) is 5.75 Å². The fourth-order valence-corrected chi connectivity index (χ4v) is 1.44. The molecule has 3 N–H and O–H groups in total. The van der Waals surface area contributed by atoms with Crippen molar-refractivity contribution in [2.24, 2.45) is 5.73 Å². The summed E-state index contributed by atoms with van der Waals surface area (Å²) in [5, 5.41) is 8.94. The molecule has 1 rings (SSSR count). The first-order valence-corrected chi connectivity index (χ1v) is 5.71. The van der Waals surface area contributed by atoms with Gasteiger partial charge in [-0.1, -0.05) is 13.3 Å². The second-order valence-corrected chi connectivity index (χ2v) is 3.76. The molecule has 0 bridgehead atoms. The predicted octanol–water partition coefficient (Wildman–Crippen LogP) is 1.21. The number of aromatic nitrogens is 1. The summed E-state index contributed by atoms with van der Waals surface area (Å²) in [5.74, 6) is -0.468. The van der Waals surface area contributed by atoms with Gasteiger partial charge in [0.05, 0.1) is 6.20 Å². The maximum atomic E-state index is 10.9. The number of pyridine rings is 1. The lowest BCUT2D eigenvalue weighted by Crippen LogP contribution is -2.26. The molecule has 1 atom stereocenters. The monoisotopic (exact) mass is 238 g/mol. The van der Waals surface area contributed by atoms with Crippen molar-refractivity contribution in [2.45, 2.75) is 32.3 Å². The SMILES string of the molecule is CCCC(Oc1ccc(CCN)nc1)C(=O)O. The molecule has 0 spiro atoms. The van der Waals surface area contributed by atoms with Crippen LogP contribution in [0.2, 0.25) is 0 Å². The molecule has 0 amide bonds. The van der Waals surface area contributed by atoms with Crippen molar-refractivity contribution in [3.63, 3.8) is 0 Å². The molecule has 0 saturated carbocycles. The van der Waals surface area contributed by atoms with Crippen LogP contribution < -0.4 is 10.5 Å². The van der Waals surface area contributed by atoms with Crippen LogP contribution >= 0.6 is 0 Å². The van der Waals surface area contributed by atoms with Crippen LogP contribution in [-0.4, -0.2) is 28.7 Å². The molecule has 0 aromatic carbocycles. The fraction of sp³-hybridized carbons (Fsp3) is 0.500. The highest BCUT2D eigenvalue weighted by Crippen LogP contribution is 2.14. The van der Waals surface area contributed by atoms with Crippen molar-refractivity contribution in [1.82, 2.24) is 4.98 Å². The normalized spacial score (nSPS) is 12.1. The molecule has 94 valence electrons. The molecule has 0 saturated heterocycles. The van der Waals surface area contributed by atoms with Gasteiger partial charge in [-0.25, -0.2) is 4.79 Å². The van der Waals surface area contributed by atoms with E-state index < -0.39 is 12.1 Å². The summed E-state index contributed by atoms with van der Waals surface area (Å²) < 4.78 is 5.36. The summed E-state index contributed by atoms with van der Waals surface area (Å²) in [7, 11) is 0. The molecule has 0 aliphatic heterocycles. The van der Waals surface area contributed by atoms with E-state index in [4.69, 9.17) is 15.6 Å². The minimum atomic E-state index is -0.946. The number of ether oxygens (including phenoxy) is 1. The van der Waals surface area contributed by atoms with E-state index in [1.165, 1.54) is 6.20 Å². The zero-order valence-corrected chi connectivity index (χ0v) is 9.93. The number of nitrogens with zero attached hydrogens (tertiary/aromatic N) is 1. The Bertz CT molecular complexity index is 351. The number of carboxylic acids is 1. The second kappa shape index (κ2) is 6.85. The highest BCUT2D eigenvalue weighted by Gasteiger charge is 2.18. The molecule has 0 fully saturated rings. The van der Waals surface area contributed by atoms with E-state index in [1.807, 2.05) is 6.92 Å². The Labute approximate surface area is 101 Å². The topological polar surface area (TPSA) is 85.4 Å². The first-order chi connectivity index (χ1) is 8.17. The minimum Gasteiger partial charge on any atom is -0.479 e. The molecule has 5 nitrogen and oxygen atoms in total. The Morgan fingerprint density at radius 3 is 2.82 bits per heavy atom. The zero-order chi connectivity index (χ0) is 12.7. The van der Waals surface area contributed by atoms with Crippen molar-refractivity contribution < 1.29 is 14.6 Å². The van der Waals surface area contributed by atoms with Crippen molar-refractivity contribution in [1.29, 1.82) is 0 Å². The lowest BCUT2D eigenvalue weighted by Gasteiger charge is -2.14. The van der Waals surface area contributed by atoms with Crippen molar-refractivity contribution >= 4 is 5.97 Å². The number of carbonyl (C=O) groups is 1. The van der Waals surface area contributed by atoms with Crippen LogP contribution in [0.15, 0.2) is 18.3 Å². The van der Waals surface area contributed by atoms with Gasteiger partial charge in [0.25, 0.3) is 0 Å². The molecule has 0 aliphatic rings. The zero-order valence-electron chi connectivity index (χ0n) is 9.93. The third kappa shape index (κ3) is 4.40. The molecule has 17 heavy (non-hydrogen) atoms. The van der Waals surface area contributed by atoms with Gasteiger partial charge in [0, 0.05) is 12.1 Å². The van der Waals surface area contributed by atoms with E-state index in [0.29, 0.717) is 25.1 Å². The third-order valence-electron chi connectivity index (χ3n) is 2.30. The minimum absolute atomic E-state index is 0.478. The summed E-state index contributed by atoms with van der Waals surface area (Å²) in [6.45, 7) is 2.46. The van der Waals surface area contributed by atoms with Crippen LogP contribution in [0.1, 0.15) is 25.5 Å². The highest BCUT2D eigenvalue weighted by atomic mass is 16.5. The van der Waals surface area contributed by atoms with Gasteiger partial charge >= 0.3 is 5.97 Å². The Balaban J connectivity index is 2.63. The molecule has 1 unspecified atom stereocenters. The van der Waals surface area contributed by atoms with Crippen LogP contribution in [0.3, 0.4) is 0 Å². The summed E-state index contributed by atoms with van der Waals surface area (Å²) >= 11 is 0. The first-order valence-electron chi connectivity index (χ1n) is 5.71. The quantitative estimate of drug-likeness (QED) is 0.745. The number of carboxylic acid groups (broad SMARTS) is 1. The maximum absolute atomic E-state index is 10.9. The molecular weight excluding hydrogens is 220 g/mol. The van der Waals surface area contributed by atoms with Crippen LogP contribution in [0.25, 0.3) is 0 Å². The maximum Gasteiger partial charge on any atom is 0.344 e. The van der Waals surface area contributed by atoms with E-state index in [9.17, 15) is 4.79 Å². The summed E-state index contributed by atoms with van der Waals surface area (Å²) in [6, 6.07) is 3.52. The van der Waals surface area contributed by atoms with Gasteiger partial charge in [0.15, 0.2) is 6.10 Å². The molecule has 0 aliphatic carbocycles. The van der Waals surface area contributed by atoms with Crippen LogP contribution in [0.4, 0.5) is 0 Å². The Kier molecular flexibility index (Phi) is 5.42. The van der Waals surface area contributed by atoms with Gasteiger partial charge in [0.1, 0.15) is 5.75 Å². The van der Waals surface area contributed by atoms with E-state index >= 15 is 0 Å². The van der Waals surface area contributed by atoms with Crippen molar-refractivity contribution in [2.75, 3.05) is 6.54 Å². The van der Waals surface area contributed by atoms with Gasteiger partial charge in [-0.3, -0.25) is 4.98 Å². The second-order valence-electron chi connectivity index (χ2n) is 3.76. The highest BCUT2D eigenvalue weighted by molar-refractivity contribution is 5.72. The van der Waals surface area contributed by atoms with Gasteiger partial charge < -0.3 is 15.6 Å². The number of hydrogen-bond donors (Lipinski definition) is 2. The Morgan fingerprint density at radius 1 is 1.59 bits per heavy atom. The molecule has 5 heteroatoms. The fourth-order valence-electron chi connectivity index (χ4n) is 1.44. The lowest BCUT2D eigenvalue weighted by molar-refractivity contribution is -0.145. The average molecular weight is 238 g/mol. The van der Waals surface area contributed by atoms with Crippen LogP contribution in [0, 0.1) is 0 Å². The molecule has 0 radical (unpaired) electrons. The predicted molar refractivity (Wildman–Crippen MR) is 64.0 cm³/mol. The standard InChI is InChI=1S/C12H18N2O3/c1-2-3-11(12(15)16)17-10-5-4-9(6-7-13)14-8-10/h4-5,8,11H,2-3,6-7,13H2,1H3,(H,15,16). The van der Waals surface area contributed by atoms with E-state index in [-0.39, 0.29) is 0 Å². The van der Waals surface area contributed by atoms with E-state index in [0.717, 1.165) is 12.1 Å². The smallest absolute Gasteiger partial charge is 0.344 e. The lowest BCUT2D eigenvalue weighted by atomic mass is 10.2. The van der Waals surface area contributed by atoms with E-state index in [1.54, 1.807) is 12.1 Å². The summed E-state index contributed by atoms with van der Waals surface area (Å²) in [4.78, 5) is 15.0. The van der Waals surface area contributed by atoms with Crippen LogP contribution in [-0.2, 0) is 11.2 Å². The molecule has 1 aromatic heterocycles. The molecule has 1 aromatic rings. The van der Waals surface area contributed by atoms with E-state index in [2.05, 4.69) is 4.98 Å². The number of rotatable bonds is 7. The van der Waals surface area contributed by atoms with Gasteiger partial charge in [-0.15, -0.1) is 0 Å². The summed E-state index contributed by atoms with van der Waals surface area (Å²) in [5.41, 5.74) is 6.29. The molecule has 1 heterocycles. The number of nitrogens with two attached hydrogens (primary N) is 1.